The van der Waals surface area contributed by atoms with Gasteiger partial charge in [-0.05, 0) is 53.5 Å². The molecular weight excluding hydrogens is 306 g/mol. The highest BCUT2D eigenvalue weighted by Gasteiger charge is 2.40. The monoisotopic (exact) mass is 335 g/mol. The molecular formula is C19H29NO4. The lowest BCUT2D eigenvalue weighted by molar-refractivity contribution is -0.163. The van der Waals surface area contributed by atoms with Crippen LogP contribution in [0.3, 0.4) is 0 Å². The van der Waals surface area contributed by atoms with Crippen molar-refractivity contribution in [2.75, 3.05) is 0 Å². The van der Waals surface area contributed by atoms with E-state index in [4.69, 9.17) is 15.2 Å². The standard InChI is InChI=1S/C19H29NO4/c1-17(2,3)23-15(21)12-13-19(20,14-10-8-7-9-11-14)16(22)24-18(4,5)6/h7-11H,12-13,20H2,1-6H3/t19-/m0/s1. The van der Waals surface area contributed by atoms with Crippen LogP contribution in [0.1, 0.15) is 59.9 Å². The maximum atomic E-state index is 12.7. The van der Waals surface area contributed by atoms with Gasteiger partial charge in [-0.25, -0.2) is 4.79 Å². The molecule has 0 aliphatic rings. The molecule has 24 heavy (non-hydrogen) atoms. The van der Waals surface area contributed by atoms with Gasteiger partial charge in [0.1, 0.15) is 16.7 Å². The minimum Gasteiger partial charge on any atom is -0.460 e. The van der Waals surface area contributed by atoms with Crippen molar-refractivity contribution in [3.8, 4) is 0 Å². The zero-order valence-corrected chi connectivity index (χ0v) is 15.5. The average molecular weight is 335 g/mol. The van der Waals surface area contributed by atoms with Crippen LogP contribution in [0.15, 0.2) is 30.3 Å². The molecule has 1 aromatic carbocycles. The molecule has 0 saturated carbocycles. The first kappa shape index (κ1) is 20.2. The Morgan fingerprint density at radius 2 is 1.42 bits per heavy atom. The summed E-state index contributed by atoms with van der Waals surface area (Å²) in [5, 5.41) is 0. The molecule has 0 aliphatic heterocycles. The van der Waals surface area contributed by atoms with Crippen LogP contribution in [-0.2, 0) is 24.6 Å². The van der Waals surface area contributed by atoms with Gasteiger partial charge in [-0.1, -0.05) is 30.3 Å². The lowest BCUT2D eigenvalue weighted by Gasteiger charge is -2.32. The molecule has 0 unspecified atom stereocenters. The van der Waals surface area contributed by atoms with Crippen molar-refractivity contribution < 1.29 is 19.1 Å². The number of benzene rings is 1. The summed E-state index contributed by atoms with van der Waals surface area (Å²) in [6, 6.07) is 8.97. The third-order valence-corrected chi connectivity index (χ3v) is 3.20. The van der Waals surface area contributed by atoms with Gasteiger partial charge in [-0.2, -0.15) is 0 Å². The Kier molecular flexibility index (Phi) is 6.17. The van der Waals surface area contributed by atoms with Crippen LogP contribution in [0.5, 0.6) is 0 Å². The number of carbonyl (C=O) groups is 2. The average Bonchev–Trinajstić information content (AvgIpc) is 2.42. The van der Waals surface area contributed by atoms with E-state index < -0.39 is 28.7 Å². The Morgan fingerprint density at radius 3 is 1.88 bits per heavy atom. The molecule has 1 aromatic rings. The summed E-state index contributed by atoms with van der Waals surface area (Å²) in [5.41, 5.74) is 4.38. The lowest BCUT2D eigenvalue weighted by Crippen LogP contribution is -2.48. The van der Waals surface area contributed by atoms with E-state index in [1.54, 1.807) is 65.8 Å². The van der Waals surface area contributed by atoms with Crippen LogP contribution in [-0.4, -0.2) is 23.1 Å². The van der Waals surface area contributed by atoms with Crippen molar-refractivity contribution in [2.24, 2.45) is 5.73 Å². The van der Waals surface area contributed by atoms with E-state index in [-0.39, 0.29) is 12.8 Å². The second-order valence-corrected chi connectivity index (χ2v) is 7.93. The van der Waals surface area contributed by atoms with Crippen molar-refractivity contribution in [3.63, 3.8) is 0 Å². The third kappa shape index (κ3) is 6.32. The quantitative estimate of drug-likeness (QED) is 0.835. The van der Waals surface area contributed by atoms with Gasteiger partial charge in [0.2, 0.25) is 0 Å². The number of esters is 2. The maximum absolute atomic E-state index is 12.7. The number of nitrogens with two attached hydrogens (primary N) is 1. The number of hydrogen-bond acceptors (Lipinski definition) is 5. The molecule has 0 aromatic heterocycles. The Morgan fingerprint density at radius 1 is 0.917 bits per heavy atom. The number of ether oxygens (including phenoxy) is 2. The molecule has 2 N–H and O–H groups in total. The van der Waals surface area contributed by atoms with Gasteiger partial charge in [-0.15, -0.1) is 0 Å². The molecule has 134 valence electrons. The smallest absolute Gasteiger partial charge is 0.331 e. The first-order valence-corrected chi connectivity index (χ1v) is 8.13. The summed E-state index contributed by atoms with van der Waals surface area (Å²) < 4.78 is 10.8. The van der Waals surface area contributed by atoms with Crippen LogP contribution in [0.2, 0.25) is 0 Å². The predicted octanol–water partition coefficient (Wildman–Crippen LogP) is 3.30. The van der Waals surface area contributed by atoms with E-state index in [2.05, 4.69) is 0 Å². The van der Waals surface area contributed by atoms with Gasteiger partial charge >= 0.3 is 11.9 Å². The van der Waals surface area contributed by atoms with E-state index in [1.165, 1.54) is 0 Å². The van der Waals surface area contributed by atoms with E-state index in [0.717, 1.165) is 0 Å². The second-order valence-electron chi connectivity index (χ2n) is 7.93. The topological polar surface area (TPSA) is 78.6 Å². The minimum absolute atomic E-state index is 0.0297. The SMILES string of the molecule is CC(C)(C)OC(=O)CC[C@@](N)(C(=O)OC(C)(C)C)c1ccccc1. The molecule has 0 radical (unpaired) electrons. The highest BCUT2D eigenvalue weighted by Crippen LogP contribution is 2.28. The van der Waals surface area contributed by atoms with Crippen LogP contribution < -0.4 is 5.73 Å². The molecule has 0 aliphatic carbocycles. The van der Waals surface area contributed by atoms with E-state index >= 15 is 0 Å². The van der Waals surface area contributed by atoms with E-state index in [9.17, 15) is 9.59 Å². The zero-order valence-electron chi connectivity index (χ0n) is 15.5. The van der Waals surface area contributed by atoms with Gasteiger partial charge in [-0.3, -0.25) is 4.79 Å². The summed E-state index contributed by atoms with van der Waals surface area (Å²) in [6.45, 7) is 10.7. The highest BCUT2D eigenvalue weighted by atomic mass is 16.6. The normalized spacial score (nSPS) is 14.6. The Balaban J connectivity index is 2.99. The van der Waals surface area contributed by atoms with Crippen molar-refractivity contribution in [3.05, 3.63) is 35.9 Å². The van der Waals surface area contributed by atoms with Crippen molar-refractivity contribution >= 4 is 11.9 Å². The second kappa shape index (κ2) is 7.34. The van der Waals surface area contributed by atoms with Gasteiger partial charge in [0.25, 0.3) is 0 Å². The summed E-state index contributed by atoms with van der Waals surface area (Å²) in [6.07, 6.45) is 0.142. The minimum atomic E-state index is -1.40. The Labute approximate surface area is 144 Å². The third-order valence-electron chi connectivity index (χ3n) is 3.20. The van der Waals surface area contributed by atoms with Crippen molar-refractivity contribution in [1.82, 2.24) is 0 Å². The lowest BCUT2D eigenvalue weighted by atomic mass is 9.86. The van der Waals surface area contributed by atoms with E-state index in [0.29, 0.717) is 5.56 Å². The molecule has 1 atom stereocenters. The molecule has 0 saturated heterocycles. The van der Waals surface area contributed by atoms with Crippen LogP contribution in [0.4, 0.5) is 0 Å². The van der Waals surface area contributed by atoms with Crippen LogP contribution in [0.25, 0.3) is 0 Å². The molecule has 1 rings (SSSR count). The predicted molar refractivity (Wildman–Crippen MR) is 93.2 cm³/mol. The fourth-order valence-corrected chi connectivity index (χ4v) is 2.16. The summed E-state index contributed by atoms with van der Waals surface area (Å²) in [4.78, 5) is 24.7. The van der Waals surface area contributed by atoms with Gasteiger partial charge in [0.15, 0.2) is 0 Å². The molecule has 5 heteroatoms. The zero-order chi connectivity index (χ0) is 18.6. The number of carbonyl (C=O) groups excluding carboxylic acids is 2. The van der Waals surface area contributed by atoms with Crippen molar-refractivity contribution in [2.45, 2.75) is 71.1 Å². The Hall–Kier alpha value is -1.88. The fourth-order valence-electron chi connectivity index (χ4n) is 2.16. The number of rotatable bonds is 5. The fraction of sp³-hybridized carbons (Fsp3) is 0.579. The van der Waals surface area contributed by atoms with Crippen LogP contribution >= 0.6 is 0 Å². The maximum Gasteiger partial charge on any atom is 0.331 e. The Bertz CT molecular complexity index is 569. The molecule has 0 fully saturated rings. The molecule has 0 amide bonds. The molecule has 0 heterocycles. The van der Waals surface area contributed by atoms with Gasteiger partial charge in [0, 0.05) is 6.42 Å². The summed E-state index contributed by atoms with van der Waals surface area (Å²) in [7, 11) is 0. The van der Waals surface area contributed by atoms with Gasteiger partial charge in [0.05, 0.1) is 0 Å². The van der Waals surface area contributed by atoms with Crippen molar-refractivity contribution in [1.29, 1.82) is 0 Å². The highest BCUT2D eigenvalue weighted by molar-refractivity contribution is 5.83. The molecule has 5 nitrogen and oxygen atoms in total. The largest absolute Gasteiger partial charge is 0.460 e. The van der Waals surface area contributed by atoms with E-state index in [1.807, 2.05) is 6.07 Å². The first-order chi connectivity index (χ1) is 10.8. The summed E-state index contributed by atoms with van der Waals surface area (Å²) >= 11 is 0. The number of hydrogen-bond donors (Lipinski definition) is 1. The summed E-state index contributed by atoms with van der Waals surface area (Å²) in [5.74, 6) is -0.943. The molecule has 0 spiro atoms. The first-order valence-electron chi connectivity index (χ1n) is 8.13. The molecule has 0 bridgehead atoms. The van der Waals surface area contributed by atoms with Gasteiger partial charge < -0.3 is 15.2 Å². The van der Waals surface area contributed by atoms with Crippen LogP contribution in [0, 0.1) is 0 Å².